The first kappa shape index (κ1) is 18.4. The van der Waals surface area contributed by atoms with Crippen molar-refractivity contribution in [3.63, 3.8) is 0 Å². The lowest BCUT2D eigenvalue weighted by atomic mass is 10.1. The van der Waals surface area contributed by atoms with Crippen molar-refractivity contribution < 1.29 is 4.92 Å². The SMILES string of the molecule is O=[N+]([O-])c1cccc(-n2cc(-c3cccc(Nc4ncnc5ccccc45)c3)nn2)c1. The van der Waals surface area contributed by atoms with Gasteiger partial charge in [-0.15, -0.1) is 5.10 Å². The minimum Gasteiger partial charge on any atom is -0.340 e. The van der Waals surface area contributed by atoms with Crippen molar-refractivity contribution >= 4 is 28.1 Å². The molecule has 0 fully saturated rings. The number of nitro groups is 1. The third-order valence-corrected chi connectivity index (χ3v) is 4.76. The Hall–Kier alpha value is -4.66. The summed E-state index contributed by atoms with van der Waals surface area (Å²) in [6.45, 7) is 0. The molecule has 0 aliphatic heterocycles. The smallest absolute Gasteiger partial charge is 0.271 e. The van der Waals surface area contributed by atoms with E-state index < -0.39 is 4.92 Å². The van der Waals surface area contributed by atoms with Crippen LogP contribution in [0, 0.1) is 10.1 Å². The van der Waals surface area contributed by atoms with E-state index in [0.29, 0.717) is 17.2 Å². The van der Waals surface area contributed by atoms with Gasteiger partial charge in [0.1, 0.15) is 17.8 Å². The van der Waals surface area contributed by atoms with Gasteiger partial charge in [0.2, 0.25) is 0 Å². The second-order valence-electron chi connectivity index (χ2n) is 6.77. The van der Waals surface area contributed by atoms with Crippen molar-refractivity contribution in [1.29, 1.82) is 0 Å². The second-order valence-corrected chi connectivity index (χ2v) is 6.77. The van der Waals surface area contributed by atoms with Crippen LogP contribution in [0.15, 0.2) is 85.3 Å². The molecule has 5 aromatic rings. The molecule has 0 aliphatic carbocycles. The summed E-state index contributed by atoms with van der Waals surface area (Å²) in [7, 11) is 0. The van der Waals surface area contributed by atoms with Crippen LogP contribution in [0.4, 0.5) is 17.2 Å². The summed E-state index contributed by atoms with van der Waals surface area (Å²) in [6.07, 6.45) is 3.26. The highest BCUT2D eigenvalue weighted by Gasteiger charge is 2.11. The molecule has 2 aromatic heterocycles. The fraction of sp³-hybridized carbons (Fsp3) is 0. The topological polar surface area (TPSA) is 112 Å². The number of hydrogen-bond donors (Lipinski definition) is 1. The first-order valence-electron chi connectivity index (χ1n) is 9.42. The first-order chi connectivity index (χ1) is 15.2. The van der Waals surface area contributed by atoms with Crippen molar-refractivity contribution in [2.75, 3.05) is 5.32 Å². The van der Waals surface area contributed by atoms with Crippen LogP contribution in [0.1, 0.15) is 0 Å². The summed E-state index contributed by atoms with van der Waals surface area (Å²) in [5.41, 5.74) is 3.75. The van der Waals surface area contributed by atoms with Gasteiger partial charge in [0, 0.05) is 28.8 Å². The Kier molecular flexibility index (Phi) is 4.53. The third-order valence-electron chi connectivity index (χ3n) is 4.76. The van der Waals surface area contributed by atoms with Gasteiger partial charge < -0.3 is 5.32 Å². The molecule has 150 valence electrons. The number of non-ortho nitro benzene ring substituents is 1. The zero-order valence-electron chi connectivity index (χ0n) is 16.1. The molecular formula is C22H15N7O2. The number of benzene rings is 3. The molecule has 2 heterocycles. The van der Waals surface area contributed by atoms with Gasteiger partial charge in [-0.25, -0.2) is 14.6 Å². The molecule has 0 spiro atoms. The maximum absolute atomic E-state index is 11.0. The maximum atomic E-state index is 11.0. The minimum absolute atomic E-state index is 0.00201. The predicted molar refractivity (Wildman–Crippen MR) is 116 cm³/mol. The summed E-state index contributed by atoms with van der Waals surface area (Å²) in [5, 5.41) is 23.6. The molecule has 5 rings (SSSR count). The number of nitro benzene ring substituents is 1. The van der Waals surface area contributed by atoms with E-state index >= 15 is 0 Å². The van der Waals surface area contributed by atoms with Crippen molar-refractivity contribution in [2.24, 2.45) is 0 Å². The lowest BCUT2D eigenvalue weighted by Gasteiger charge is -2.09. The number of anilines is 2. The molecule has 0 radical (unpaired) electrons. The lowest BCUT2D eigenvalue weighted by Crippen LogP contribution is -1.96. The highest BCUT2D eigenvalue weighted by atomic mass is 16.6. The molecule has 0 amide bonds. The average Bonchev–Trinajstić information content (AvgIpc) is 3.30. The highest BCUT2D eigenvalue weighted by molar-refractivity contribution is 5.90. The molecule has 9 nitrogen and oxygen atoms in total. The second kappa shape index (κ2) is 7.64. The van der Waals surface area contributed by atoms with E-state index in [-0.39, 0.29) is 5.69 Å². The van der Waals surface area contributed by atoms with Crippen LogP contribution in [-0.2, 0) is 0 Å². The van der Waals surface area contributed by atoms with Gasteiger partial charge in [-0.3, -0.25) is 10.1 Å². The summed E-state index contributed by atoms with van der Waals surface area (Å²) >= 11 is 0. The summed E-state index contributed by atoms with van der Waals surface area (Å²) < 4.78 is 1.51. The predicted octanol–water partition coefficient (Wildman–Crippen LogP) is 4.53. The van der Waals surface area contributed by atoms with Gasteiger partial charge in [0.05, 0.1) is 22.3 Å². The maximum Gasteiger partial charge on any atom is 0.271 e. The Morgan fingerprint density at radius 3 is 2.71 bits per heavy atom. The third kappa shape index (κ3) is 3.67. The van der Waals surface area contributed by atoms with Gasteiger partial charge in [-0.2, -0.15) is 0 Å². The molecule has 3 aromatic carbocycles. The van der Waals surface area contributed by atoms with E-state index in [4.69, 9.17) is 0 Å². The van der Waals surface area contributed by atoms with Crippen molar-refractivity contribution in [3.05, 3.63) is 95.4 Å². The van der Waals surface area contributed by atoms with E-state index in [1.807, 2.05) is 48.5 Å². The van der Waals surface area contributed by atoms with Gasteiger partial charge in [0.25, 0.3) is 5.69 Å². The Morgan fingerprint density at radius 2 is 1.81 bits per heavy atom. The summed E-state index contributed by atoms with van der Waals surface area (Å²) in [4.78, 5) is 19.2. The van der Waals surface area contributed by atoms with E-state index in [0.717, 1.165) is 22.2 Å². The Morgan fingerprint density at radius 1 is 0.935 bits per heavy atom. The largest absolute Gasteiger partial charge is 0.340 e. The molecule has 31 heavy (non-hydrogen) atoms. The van der Waals surface area contributed by atoms with Crippen molar-refractivity contribution in [3.8, 4) is 16.9 Å². The van der Waals surface area contributed by atoms with E-state index in [2.05, 4.69) is 25.6 Å². The number of aromatic nitrogens is 5. The van der Waals surface area contributed by atoms with Gasteiger partial charge in [-0.05, 0) is 30.3 Å². The van der Waals surface area contributed by atoms with Crippen LogP contribution < -0.4 is 5.32 Å². The van der Waals surface area contributed by atoms with Gasteiger partial charge in [-0.1, -0.05) is 35.5 Å². The molecule has 0 atom stereocenters. The standard InChI is InChI=1S/C22H15N7O2/c30-29(31)18-8-4-7-17(12-18)28-13-21(26-27-28)15-5-3-6-16(11-15)25-22-19-9-1-2-10-20(19)23-14-24-22/h1-14H,(H,23,24,25). The van der Waals surface area contributed by atoms with Crippen molar-refractivity contribution in [2.45, 2.75) is 0 Å². The van der Waals surface area contributed by atoms with Crippen molar-refractivity contribution in [1.82, 2.24) is 25.0 Å². The summed E-state index contributed by atoms with van der Waals surface area (Å²) in [6, 6.07) is 21.7. The van der Waals surface area contributed by atoms with Crippen LogP contribution in [0.25, 0.3) is 27.8 Å². The number of hydrogen-bond acceptors (Lipinski definition) is 7. The molecule has 1 N–H and O–H groups in total. The Labute approximate surface area is 176 Å². The van der Waals surface area contributed by atoms with Crippen LogP contribution in [0.3, 0.4) is 0 Å². The molecule has 0 saturated carbocycles. The highest BCUT2D eigenvalue weighted by Crippen LogP contribution is 2.26. The van der Waals surface area contributed by atoms with E-state index in [9.17, 15) is 10.1 Å². The average molecular weight is 409 g/mol. The van der Waals surface area contributed by atoms with Crippen LogP contribution >= 0.6 is 0 Å². The quantitative estimate of drug-likeness (QED) is 0.335. The Balaban J connectivity index is 1.45. The molecule has 0 unspecified atom stereocenters. The minimum atomic E-state index is -0.437. The van der Waals surface area contributed by atoms with Crippen LogP contribution in [0.2, 0.25) is 0 Å². The first-order valence-corrected chi connectivity index (χ1v) is 9.42. The number of nitrogens with one attached hydrogen (secondary N) is 1. The zero-order chi connectivity index (χ0) is 21.2. The number of nitrogens with zero attached hydrogens (tertiary/aromatic N) is 6. The van der Waals surface area contributed by atoms with E-state index in [1.54, 1.807) is 18.3 Å². The fourth-order valence-corrected chi connectivity index (χ4v) is 3.27. The fourth-order valence-electron chi connectivity index (χ4n) is 3.27. The van der Waals surface area contributed by atoms with E-state index in [1.165, 1.54) is 23.1 Å². The molecule has 0 aliphatic rings. The van der Waals surface area contributed by atoms with Gasteiger partial charge >= 0.3 is 0 Å². The molecule has 0 saturated heterocycles. The molecular weight excluding hydrogens is 394 g/mol. The van der Waals surface area contributed by atoms with Gasteiger partial charge in [0.15, 0.2) is 0 Å². The number of rotatable bonds is 5. The molecule has 0 bridgehead atoms. The monoisotopic (exact) mass is 409 g/mol. The number of para-hydroxylation sites is 1. The van der Waals surface area contributed by atoms with Crippen LogP contribution in [-0.4, -0.2) is 29.9 Å². The number of fused-ring (bicyclic) bond motifs is 1. The van der Waals surface area contributed by atoms with Crippen LogP contribution in [0.5, 0.6) is 0 Å². The lowest BCUT2D eigenvalue weighted by molar-refractivity contribution is -0.384. The Bertz CT molecular complexity index is 1410. The zero-order valence-corrected chi connectivity index (χ0v) is 16.1. The molecule has 9 heteroatoms. The summed E-state index contributed by atoms with van der Waals surface area (Å²) in [5.74, 6) is 0.711. The normalized spacial score (nSPS) is 10.8.